The van der Waals surface area contributed by atoms with Crippen molar-refractivity contribution in [2.75, 3.05) is 0 Å². The second-order valence-electron chi connectivity index (χ2n) is 3.48. The first-order chi connectivity index (χ1) is 7.70. The van der Waals surface area contributed by atoms with Crippen LogP contribution in [0.2, 0.25) is 0 Å². The minimum absolute atomic E-state index is 0.216. The standard InChI is InChI=1S/C13H11BrOS/c1-2-12(15)13-7-10(8-16-13)9-3-5-11(14)6-4-9/h3-8H,2H2,1H3. The van der Waals surface area contributed by atoms with Crippen molar-refractivity contribution in [3.8, 4) is 11.1 Å². The molecule has 0 amide bonds. The number of Topliss-reactive ketones (excluding diaryl/α,β-unsaturated/α-hetero) is 1. The first-order valence-corrected chi connectivity index (χ1v) is 6.75. The van der Waals surface area contributed by atoms with E-state index in [4.69, 9.17) is 0 Å². The van der Waals surface area contributed by atoms with Crippen LogP contribution in [0, 0.1) is 0 Å². The molecule has 2 rings (SSSR count). The van der Waals surface area contributed by atoms with Gasteiger partial charge in [0.15, 0.2) is 5.78 Å². The van der Waals surface area contributed by atoms with Crippen LogP contribution in [0.5, 0.6) is 0 Å². The minimum Gasteiger partial charge on any atom is -0.293 e. The van der Waals surface area contributed by atoms with Crippen LogP contribution >= 0.6 is 27.3 Å². The van der Waals surface area contributed by atoms with E-state index in [9.17, 15) is 4.79 Å². The molecule has 0 aliphatic carbocycles. The van der Waals surface area contributed by atoms with Gasteiger partial charge in [0.2, 0.25) is 0 Å². The number of rotatable bonds is 3. The molecule has 82 valence electrons. The minimum atomic E-state index is 0.216. The SMILES string of the molecule is CCC(=O)c1cc(-c2ccc(Br)cc2)cs1. The summed E-state index contributed by atoms with van der Waals surface area (Å²) < 4.78 is 1.07. The monoisotopic (exact) mass is 294 g/mol. The topological polar surface area (TPSA) is 17.1 Å². The number of benzene rings is 1. The van der Waals surface area contributed by atoms with Crippen LogP contribution in [0.15, 0.2) is 40.2 Å². The molecule has 0 aliphatic rings. The molecule has 1 nitrogen and oxygen atoms in total. The highest BCUT2D eigenvalue weighted by atomic mass is 79.9. The quantitative estimate of drug-likeness (QED) is 0.745. The highest BCUT2D eigenvalue weighted by molar-refractivity contribution is 9.10. The summed E-state index contributed by atoms with van der Waals surface area (Å²) in [7, 11) is 0. The Bertz CT molecular complexity index is 499. The van der Waals surface area contributed by atoms with E-state index in [0.717, 1.165) is 20.5 Å². The average molecular weight is 295 g/mol. The van der Waals surface area contributed by atoms with Gasteiger partial charge in [0.25, 0.3) is 0 Å². The molecule has 0 aliphatic heterocycles. The Hall–Kier alpha value is -0.930. The van der Waals surface area contributed by atoms with Crippen LogP contribution in [0.3, 0.4) is 0 Å². The highest BCUT2D eigenvalue weighted by Gasteiger charge is 2.07. The molecule has 1 heterocycles. The van der Waals surface area contributed by atoms with E-state index in [1.54, 1.807) is 0 Å². The van der Waals surface area contributed by atoms with E-state index in [1.165, 1.54) is 11.3 Å². The summed E-state index contributed by atoms with van der Waals surface area (Å²) in [5.41, 5.74) is 2.27. The number of thiophene rings is 1. The van der Waals surface area contributed by atoms with Crippen molar-refractivity contribution >= 4 is 33.0 Å². The van der Waals surface area contributed by atoms with Crippen LogP contribution in [0.25, 0.3) is 11.1 Å². The second-order valence-corrected chi connectivity index (χ2v) is 5.31. The van der Waals surface area contributed by atoms with Gasteiger partial charge in [-0.1, -0.05) is 35.0 Å². The molecular formula is C13H11BrOS. The lowest BCUT2D eigenvalue weighted by Gasteiger charge is -1.97. The van der Waals surface area contributed by atoms with Crippen molar-refractivity contribution in [3.05, 3.63) is 45.1 Å². The van der Waals surface area contributed by atoms with Crippen molar-refractivity contribution < 1.29 is 4.79 Å². The Morgan fingerprint density at radius 3 is 2.56 bits per heavy atom. The molecular weight excluding hydrogens is 284 g/mol. The third-order valence-electron chi connectivity index (χ3n) is 2.37. The average Bonchev–Trinajstić information content (AvgIpc) is 2.78. The fourth-order valence-electron chi connectivity index (χ4n) is 1.45. The van der Waals surface area contributed by atoms with E-state index in [0.29, 0.717) is 6.42 Å². The van der Waals surface area contributed by atoms with Crippen molar-refractivity contribution in [1.29, 1.82) is 0 Å². The predicted molar refractivity (Wildman–Crippen MR) is 72.1 cm³/mol. The lowest BCUT2D eigenvalue weighted by Crippen LogP contribution is -1.90. The van der Waals surface area contributed by atoms with Crippen LogP contribution in [0.1, 0.15) is 23.0 Å². The first kappa shape index (κ1) is 11.6. The number of hydrogen-bond donors (Lipinski definition) is 0. The molecule has 0 bridgehead atoms. The van der Waals surface area contributed by atoms with Gasteiger partial charge in [0.05, 0.1) is 4.88 Å². The van der Waals surface area contributed by atoms with E-state index < -0.39 is 0 Å². The van der Waals surface area contributed by atoms with E-state index in [2.05, 4.69) is 15.9 Å². The van der Waals surface area contributed by atoms with Crippen LogP contribution < -0.4 is 0 Å². The maximum absolute atomic E-state index is 11.5. The first-order valence-electron chi connectivity index (χ1n) is 5.08. The van der Waals surface area contributed by atoms with Crippen LogP contribution in [-0.4, -0.2) is 5.78 Å². The van der Waals surface area contributed by atoms with Crippen LogP contribution in [-0.2, 0) is 0 Å². The summed E-state index contributed by atoms with van der Waals surface area (Å²) in [6.45, 7) is 1.89. The molecule has 0 saturated heterocycles. The number of carbonyl (C=O) groups excluding carboxylic acids is 1. The van der Waals surface area contributed by atoms with E-state index >= 15 is 0 Å². The fraction of sp³-hybridized carbons (Fsp3) is 0.154. The summed E-state index contributed by atoms with van der Waals surface area (Å²) >= 11 is 4.93. The Labute approximate surface area is 107 Å². The van der Waals surface area contributed by atoms with Gasteiger partial charge in [0, 0.05) is 10.9 Å². The molecule has 2 aromatic rings. The third-order valence-corrected chi connectivity index (χ3v) is 3.87. The van der Waals surface area contributed by atoms with Crippen molar-refractivity contribution in [2.24, 2.45) is 0 Å². The summed E-state index contributed by atoms with van der Waals surface area (Å²) in [5, 5.41) is 2.03. The Balaban J connectivity index is 2.31. The smallest absolute Gasteiger partial charge is 0.172 e. The van der Waals surface area contributed by atoms with Gasteiger partial charge >= 0.3 is 0 Å². The lowest BCUT2D eigenvalue weighted by molar-refractivity contribution is 0.0992. The van der Waals surface area contributed by atoms with Crippen LogP contribution in [0.4, 0.5) is 0 Å². The molecule has 3 heteroatoms. The summed E-state index contributed by atoms with van der Waals surface area (Å²) in [6.07, 6.45) is 0.570. The molecule has 0 saturated carbocycles. The summed E-state index contributed by atoms with van der Waals surface area (Å²) in [5.74, 6) is 0.216. The van der Waals surface area contributed by atoms with Crippen molar-refractivity contribution in [3.63, 3.8) is 0 Å². The molecule has 1 aromatic heterocycles. The molecule has 1 aromatic carbocycles. The zero-order chi connectivity index (χ0) is 11.5. The number of halogens is 1. The number of carbonyl (C=O) groups is 1. The maximum Gasteiger partial charge on any atom is 0.172 e. The summed E-state index contributed by atoms with van der Waals surface area (Å²) in [6, 6.07) is 10.1. The Morgan fingerprint density at radius 2 is 1.94 bits per heavy atom. The van der Waals surface area contributed by atoms with Gasteiger partial charge in [-0.3, -0.25) is 4.79 Å². The van der Waals surface area contributed by atoms with E-state index in [-0.39, 0.29) is 5.78 Å². The second kappa shape index (κ2) is 4.93. The molecule has 0 N–H and O–H groups in total. The normalized spacial score (nSPS) is 10.4. The predicted octanol–water partition coefficient (Wildman–Crippen LogP) is 4.77. The Kier molecular flexibility index (Phi) is 3.56. The lowest BCUT2D eigenvalue weighted by atomic mass is 10.1. The van der Waals surface area contributed by atoms with E-state index in [1.807, 2.05) is 42.6 Å². The molecule has 0 fully saturated rings. The molecule has 0 radical (unpaired) electrons. The fourth-order valence-corrected chi connectivity index (χ4v) is 2.64. The van der Waals surface area contributed by atoms with Gasteiger partial charge in [-0.25, -0.2) is 0 Å². The summed E-state index contributed by atoms with van der Waals surface area (Å²) in [4.78, 5) is 12.4. The molecule has 0 unspecified atom stereocenters. The van der Waals surface area contributed by atoms with Gasteiger partial charge in [-0.2, -0.15) is 0 Å². The molecule has 0 spiro atoms. The van der Waals surface area contributed by atoms with Crippen molar-refractivity contribution in [1.82, 2.24) is 0 Å². The maximum atomic E-state index is 11.5. The third kappa shape index (κ3) is 2.42. The zero-order valence-corrected chi connectivity index (χ0v) is 11.3. The number of hydrogen-bond acceptors (Lipinski definition) is 2. The largest absolute Gasteiger partial charge is 0.293 e. The van der Waals surface area contributed by atoms with Crippen molar-refractivity contribution in [2.45, 2.75) is 13.3 Å². The highest BCUT2D eigenvalue weighted by Crippen LogP contribution is 2.27. The molecule has 0 atom stereocenters. The van der Waals surface area contributed by atoms with Gasteiger partial charge in [-0.15, -0.1) is 11.3 Å². The van der Waals surface area contributed by atoms with Gasteiger partial charge in [0.1, 0.15) is 0 Å². The Morgan fingerprint density at radius 1 is 1.25 bits per heavy atom. The molecule has 16 heavy (non-hydrogen) atoms. The van der Waals surface area contributed by atoms with Gasteiger partial charge in [-0.05, 0) is 34.7 Å². The number of ketones is 1. The zero-order valence-electron chi connectivity index (χ0n) is 8.87. The van der Waals surface area contributed by atoms with Gasteiger partial charge < -0.3 is 0 Å².